The first-order valence-electron chi connectivity index (χ1n) is 8.71. The minimum absolute atomic E-state index is 0.0979. The topological polar surface area (TPSA) is 60.9 Å². The first kappa shape index (κ1) is 17.1. The first-order chi connectivity index (χ1) is 11.7. The van der Waals surface area contributed by atoms with Crippen LogP contribution < -0.4 is 10.2 Å². The molecular formula is C17H27N5O2. The number of carbonyl (C=O) groups is 1. The van der Waals surface area contributed by atoms with Crippen molar-refractivity contribution in [1.29, 1.82) is 0 Å². The van der Waals surface area contributed by atoms with Crippen LogP contribution in [-0.2, 0) is 4.74 Å². The molecule has 0 unspecified atom stereocenters. The van der Waals surface area contributed by atoms with Gasteiger partial charge in [-0.25, -0.2) is 4.98 Å². The second kappa shape index (κ2) is 8.41. The Bertz CT molecular complexity index is 540. The molecule has 0 atom stereocenters. The Morgan fingerprint density at radius 1 is 1.17 bits per heavy atom. The third-order valence-electron chi connectivity index (χ3n) is 4.61. The van der Waals surface area contributed by atoms with Crippen molar-refractivity contribution in [3.05, 3.63) is 23.9 Å². The second-order valence-corrected chi connectivity index (χ2v) is 6.38. The summed E-state index contributed by atoms with van der Waals surface area (Å²) < 4.78 is 5.33. The van der Waals surface area contributed by atoms with Crippen LogP contribution in [0.3, 0.4) is 0 Å². The fourth-order valence-electron chi connectivity index (χ4n) is 3.00. The van der Waals surface area contributed by atoms with Gasteiger partial charge in [0, 0.05) is 52.4 Å². The lowest BCUT2D eigenvalue weighted by molar-refractivity contribution is 0.0383. The summed E-state index contributed by atoms with van der Waals surface area (Å²) in [7, 11) is 2.13. The van der Waals surface area contributed by atoms with Gasteiger partial charge >= 0.3 is 0 Å². The van der Waals surface area contributed by atoms with E-state index in [-0.39, 0.29) is 5.91 Å². The molecule has 2 fully saturated rings. The number of morpholine rings is 1. The molecule has 132 valence electrons. The van der Waals surface area contributed by atoms with E-state index in [1.54, 1.807) is 6.07 Å². The number of carbonyl (C=O) groups excluding carboxylic acids is 1. The SMILES string of the molecule is CN1CCN(c2cccc(C(=O)NCCN3CCOCC3)n2)CC1. The summed E-state index contributed by atoms with van der Waals surface area (Å²) in [4.78, 5) is 23.7. The molecule has 1 N–H and O–H groups in total. The van der Waals surface area contributed by atoms with Gasteiger partial charge in [0.25, 0.3) is 5.91 Å². The molecule has 1 aromatic rings. The van der Waals surface area contributed by atoms with Crippen LogP contribution in [0.4, 0.5) is 5.82 Å². The molecule has 7 nitrogen and oxygen atoms in total. The number of hydrogen-bond donors (Lipinski definition) is 1. The van der Waals surface area contributed by atoms with E-state index in [1.807, 2.05) is 12.1 Å². The highest BCUT2D eigenvalue weighted by Crippen LogP contribution is 2.13. The van der Waals surface area contributed by atoms with Gasteiger partial charge in [-0.1, -0.05) is 6.07 Å². The van der Waals surface area contributed by atoms with Crippen molar-refractivity contribution in [2.24, 2.45) is 0 Å². The monoisotopic (exact) mass is 333 g/mol. The highest BCUT2D eigenvalue weighted by atomic mass is 16.5. The third kappa shape index (κ3) is 4.66. The molecule has 1 amide bonds. The Labute approximate surface area is 143 Å². The Hall–Kier alpha value is -1.70. The van der Waals surface area contributed by atoms with Gasteiger partial charge < -0.3 is 19.9 Å². The number of anilines is 1. The number of nitrogens with one attached hydrogen (secondary N) is 1. The third-order valence-corrected chi connectivity index (χ3v) is 4.61. The van der Waals surface area contributed by atoms with E-state index in [4.69, 9.17) is 4.74 Å². The molecule has 0 aromatic carbocycles. The molecule has 7 heteroatoms. The van der Waals surface area contributed by atoms with Gasteiger partial charge in [-0.3, -0.25) is 9.69 Å². The molecule has 0 spiro atoms. The van der Waals surface area contributed by atoms with Gasteiger partial charge in [0.1, 0.15) is 11.5 Å². The minimum Gasteiger partial charge on any atom is -0.379 e. The van der Waals surface area contributed by atoms with Crippen LogP contribution in [0.5, 0.6) is 0 Å². The van der Waals surface area contributed by atoms with Crippen LogP contribution >= 0.6 is 0 Å². The van der Waals surface area contributed by atoms with E-state index >= 15 is 0 Å². The summed E-state index contributed by atoms with van der Waals surface area (Å²) >= 11 is 0. The maximum atomic E-state index is 12.3. The minimum atomic E-state index is -0.0979. The van der Waals surface area contributed by atoms with Crippen molar-refractivity contribution in [3.8, 4) is 0 Å². The van der Waals surface area contributed by atoms with Crippen molar-refractivity contribution in [3.63, 3.8) is 0 Å². The number of ether oxygens (including phenoxy) is 1. The molecule has 0 bridgehead atoms. The van der Waals surface area contributed by atoms with Gasteiger partial charge in [0.05, 0.1) is 13.2 Å². The molecule has 2 aliphatic heterocycles. The number of amides is 1. The number of rotatable bonds is 5. The summed E-state index contributed by atoms with van der Waals surface area (Å²) in [6.45, 7) is 8.88. The number of pyridine rings is 1. The molecule has 2 aliphatic rings. The fraction of sp³-hybridized carbons (Fsp3) is 0.647. The highest BCUT2D eigenvalue weighted by molar-refractivity contribution is 5.92. The lowest BCUT2D eigenvalue weighted by Crippen LogP contribution is -2.45. The Morgan fingerprint density at radius 3 is 2.67 bits per heavy atom. The van der Waals surface area contributed by atoms with Gasteiger partial charge in [0.2, 0.25) is 0 Å². The number of nitrogens with zero attached hydrogens (tertiary/aromatic N) is 4. The van der Waals surface area contributed by atoms with Crippen LogP contribution in [-0.4, -0.2) is 93.3 Å². The number of aromatic nitrogens is 1. The number of hydrogen-bond acceptors (Lipinski definition) is 6. The van der Waals surface area contributed by atoms with Crippen LogP contribution in [0.2, 0.25) is 0 Å². The molecule has 3 heterocycles. The summed E-state index contributed by atoms with van der Waals surface area (Å²) in [6.07, 6.45) is 0. The maximum Gasteiger partial charge on any atom is 0.270 e. The van der Waals surface area contributed by atoms with Gasteiger partial charge in [0.15, 0.2) is 0 Å². The smallest absolute Gasteiger partial charge is 0.270 e. The molecule has 3 rings (SSSR count). The molecule has 0 aliphatic carbocycles. The molecule has 1 aromatic heterocycles. The van der Waals surface area contributed by atoms with Gasteiger partial charge in [-0.15, -0.1) is 0 Å². The van der Waals surface area contributed by atoms with E-state index < -0.39 is 0 Å². The molecule has 0 radical (unpaired) electrons. The fourth-order valence-corrected chi connectivity index (χ4v) is 3.00. The Morgan fingerprint density at radius 2 is 1.92 bits per heavy atom. The van der Waals surface area contributed by atoms with Crippen LogP contribution in [0.25, 0.3) is 0 Å². The summed E-state index contributed by atoms with van der Waals surface area (Å²) in [5, 5.41) is 2.97. The zero-order valence-electron chi connectivity index (χ0n) is 14.4. The summed E-state index contributed by atoms with van der Waals surface area (Å²) in [6, 6.07) is 5.68. The normalized spacial score (nSPS) is 20.1. The standard InChI is InChI=1S/C17H27N5O2/c1-20-7-9-22(10-8-20)16-4-2-3-15(19-16)17(23)18-5-6-21-11-13-24-14-12-21/h2-4H,5-14H2,1H3,(H,18,23). The predicted molar refractivity (Wildman–Crippen MR) is 93.5 cm³/mol. The van der Waals surface area contributed by atoms with Crippen molar-refractivity contribution in [1.82, 2.24) is 20.1 Å². The molecule has 24 heavy (non-hydrogen) atoms. The van der Waals surface area contributed by atoms with Crippen LogP contribution in [0.15, 0.2) is 18.2 Å². The van der Waals surface area contributed by atoms with E-state index in [0.29, 0.717) is 12.2 Å². The zero-order valence-corrected chi connectivity index (χ0v) is 14.4. The second-order valence-electron chi connectivity index (χ2n) is 6.38. The van der Waals surface area contributed by atoms with Gasteiger partial charge in [-0.05, 0) is 19.2 Å². The highest BCUT2D eigenvalue weighted by Gasteiger charge is 2.17. The zero-order chi connectivity index (χ0) is 16.8. The molecule has 0 saturated carbocycles. The average molecular weight is 333 g/mol. The maximum absolute atomic E-state index is 12.3. The largest absolute Gasteiger partial charge is 0.379 e. The Kier molecular flexibility index (Phi) is 6.01. The quantitative estimate of drug-likeness (QED) is 0.812. The number of piperazine rings is 1. The lowest BCUT2D eigenvalue weighted by atomic mass is 10.3. The predicted octanol–water partition coefficient (Wildman–Crippen LogP) is -0.105. The van der Waals surface area contributed by atoms with E-state index in [0.717, 1.165) is 64.8 Å². The Balaban J connectivity index is 1.50. The van der Waals surface area contributed by atoms with Crippen molar-refractivity contribution < 1.29 is 9.53 Å². The summed E-state index contributed by atoms with van der Waals surface area (Å²) in [5.41, 5.74) is 0.494. The molecule has 2 saturated heterocycles. The van der Waals surface area contributed by atoms with Gasteiger partial charge in [-0.2, -0.15) is 0 Å². The van der Waals surface area contributed by atoms with Crippen molar-refractivity contribution in [2.75, 3.05) is 77.5 Å². The van der Waals surface area contributed by atoms with E-state index in [1.165, 1.54) is 0 Å². The van der Waals surface area contributed by atoms with E-state index in [2.05, 4.69) is 32.0 Å². The van der Waals surface area contributed by atoms with Crippen molar-refractivity contribution in [2.45, 2.75) is 0 Å². The molecular weight excluding hydrogens is 306 g/mol. The number of likely N-dealkylation sites (N-methyl/N-ethyl adjacent to an activating group) is 1. The van der Waals surface area contributed by atoms with Crippen LogP contribution in [0.1, 0.15) is 10.5 Å². The lowest BCUT2D eigenvalue weighted by Gasteiger charge is -2.33. The summed E-state index contributed by atoms with van der Waals surface area (Å²) in [5.74, 6) is 0.795. The first-order valence-corrected chi connectivity index (χ1v) is 8.71. The van der Waals surface area contributed by atoms with E-state index in [9.17, 15) is 4.79 Å². The van der Waals surface area contributed by atoms with Crippen LogP contribution in [0, 0.1) is 0 Å². The average Bonchev–Trinajstić information content (AvgIpc) is 2.63. The van der Waals surface area contributed by atoms with Crippen molar-refractivity contribution >= 4 is 11.7 Å².